The fourth-order valence-electron chi connectivity index (χ4n) is 11.6. The lowest BCUT2D eigenvalue weighted by Gasteiger charge is -2.35. The van der Waals surface area contributed by atoms with Crippen molar-refractivity contribution < 1.29 is 33.8 Å². The highest BCUT2D eigenvalue weighted by molar-refractivity contribution is 7.13. The summed E-state index contributed by atoms with van der Waals surface area (Å²) in [6, 6.07) is 23.5. The van der Waals surface area contributed by atoms with Gasteiger partial charge in [0.15, 0.2) is 0 Å². The standard InChI is InChI=1S/C63H81N9O8S/c1-41-31-42(2)67-60(76)53(41)36-65-59(75)52-32-48(33-54-51(52)21-22-71(54)49-11-7-8-12-49)46-17-15-45(16-18-46)37-70-25-23-69(24-26-70)27-30-79-28-9-10-29-80-39-56(74)68-58(63(4,5)6)62(78)72-38-50(73)34-55(72)61(77)64-35-44-13-19-47(20-14-44)57-43(3)66-40-81-57/h13-22,31-33,40,49-50,55,58,73H,7-12,23-30,34-39H2,1-6H3,(H,64,77)(H,65,75)(H,67,76)(H,68,74)/t50-,55+,58?/m1/s1. The zero-order valence-corrected chi connectivity index (χ0v) is 48.8. The lowest BCUT2D eigenvalue weighted by molar-refractivity contribution is -0.144. The quantitative estimate of drug-likeness (QED) is 0.0392. The maximum absolute atomic E-state index is 14.0. The molecular formula is C63H81N9O8S. The second-order valence-electron chi connectivity index (χ2n) is 23.4. The van der Waals surface area contributed by atoms with E-state index in [1.54, 1.807) is 11.3 Å². The molecule has 1 unspecified atom stereocenters. The number of amides is 4. The Morgan fingerprint density at radius 1 is 0.815 bits per heavy atom. The number of aromatic nitrogens is 3. The summed E-state index contributed by atoms with van der Waals surface area (Å²) < 4.78 is 14.1. The predicted octanol–water partition coefficient (Wildman–Crippen LogP) is 7.83. The first kappa shape index (κ1) is 59.1. The molecule has 432 valence electrons. The zero-order valence-electron chi connectivity index (χ0n) is 48.0. The van der Waals surface area contributed by atoms with Crippen LogP contribution in [0.25, 0.3) is 32.5 Å². The monoisotopic (exact) mass is 1120 g/mol. The van der Waals surface area contributed by atoms with Crippen molar-refractivity contribution >= 4 is 45.9 Å². The molecule has 0 spiro atoms. The number of hydrogen-bond acceptors (Lipinski definition) is 12. The number of H-pyrrole nitrogens is 1. The van der Waals surface area contributed by atoms with E-state index in [4.69, 9.17) is 9.47 Å². The molecule has 3 aromatic carbocycles. The number of aliphatic hydroxyl groups is 1. The third kappa shape index (κ3) is 15.1. The summed E-state index contributed by atoms with van der Waals surface area (Å²) in [7, 11) is 0. The normalized spacial score (nSPS) is 17.7. The Morgan fingerprint density at radius 2 is 1.51 bits per heavy atom. The van der Waals surface area contributed by atoms with Gasteiger partial charge in [-0.05, 0) is 110 Å². The number of piperazine rings is 1. The van der Waals surface area contributed by atoms with Crippen LogP contribution in [0, 0.1) is 26.2 Å². The second kappa shape index (κ2) is 27.0. The van der Waals surface area contributed by atoms with Gasteiger partial charge < -0.3 is 45.0 Å². The molecule has 1 saturated carbocycles. The Bertz CT molecular complexity index is 3190. The van der Waals surface area contributed by atoms with Crippen LogP contribution in [0.3, 0.4) is 0 Å². The first-order chi connectivity index (χ1) is 39.0. The van der Waals surface area contributed by atoms with Gasteiger partial charge >= 0.3 is 0 Å². The van der Waals surface area contributed by atoms with E-state index in [2.05, 4.69) is 82.9 Å². The number of likely N-dealkylation sites (tertiary alicyclic amines) is 1. The number of fused-ring (bicyclic) bond motifs is 1. The third-order valence-electron chi connectivity index (χ3n) is 16.2. The van der Waals surface area contributed by atoms with Crippen LogP contribution in [0.4, 0.5) is 0 Å². The molecule has 3 aliphatic rings. The molecule has 2 saturated heterocycles. The second-order valence-corrected chi connectivity index (χ2v) is 24.2. The molecule has 1 aliphatic carbocycles. The molecule has 5 heterocycles. The highest BCUT2D eigenvalue weighted by Crippen LogP contribution is 2.37. The number of hydrogen-bond donors (Lipinski definition) is 5. The molecule has 18 heteroatoms. The Balaban J connectivity index is 0.663. The van der Waals surface area contributed by atoms with E-state index in [0.29, 0.717) is 43.4 Å². The number of carbonyl (C=O) groups is 4. The van der Waals surface area contributed by atoms with E-state index < -0.39 is 35.4 Å². The Kier molecular flexibility index (Phi) is 19.7. The van der Waals surface area contributed by atoms with Crippen LogP contribution in [0.2, 0.25) is 0 Å². The minimum Gasteiger partial charge on any atom is -0.391 e. The van der Waals surface area contributed by atoms with E-state index in [9.17, 15) is 29.1 Å². The van der Waals surface area contributed by atoms with Crippen molar-refractivity contribution in [3.8, 4) is 21.6 Å². The van der Waals surface area contributed by atoms with Crippen molar-refractivity contribution in [1.29, 1.82) is 0 Å². The van der Waals surface area contributed by atoms with Crippen LogP contribution in [-0.4, -0.2) is 142 Å². The molecule has 3 fully saturated rings. The highest BCUT2D eigenvalue weighted by atomic mass is 32.1. The predicted molar refractivity (Wildman–Crippen MR) is 317 cm³/mol. The first-order valence-electron chi connectivity index (χ1n) is 28.9. The number of unbranched alkanes of at least 4 members (excludes halogenated alkanes) is 1. The van der Waals surface area contributed by atoms with Crippen LogP contribution in [0.5, 0.6) is 0 Å². The maximum atomic E-state index is 14.0. The zero-order chi connectivity index (χ0) is 57.2. The number of benzene rings is 3. The molecule has 0 bridgehead atoms. The summed E-state index contributed by atoms with van der Waals surface area (Å²) in [5.74, 6) is -1.39. The van der Waals surface area contributed by atoms with Crippen molar-refractivity contribution in [2.45, 2.75) is 130 Å². The van der Waals surface area contributed by atoms with Crippen molar-refractivity contribution in [3.05, 3.63) is 134 Å². The van der Waals surface area contributed by atoms with Crippen molar-refractivity contribution in [3.63, 3.8) is 0 Å². The number of β-amino-alcohol motifs (C(OH)–C–C–N with tert-alkyl or cyclic N) is 1. The van der Waals surface area contributed by atoms with Crippen LogP contribution in [0.15, 0.2) is 89.3 Å². The van der Waals surface area contributed by atoms with Crippen molar-refractivity contribution in [2.75, 3.05) is 65.7 Å². The molecule has 9 rings (SSSR count). The number of aliphatic hydroxyl groups excluding tert-OH is 1. The van der Waals surface area contributed by atoms with E-state index in [-0.39, 0.29) is 50.0 Å². The van der Waals surface area contributed by atoms with Gasteiger partial charge in [-0.3, -0.25) is 33.8 Å². The third-order valence-corrected chi connectivity index (χ3v) is 17.2. The van der Waals surface area contributed by atoms with Crippen molar-refractivity contribution in [2.24, 2.45) is 5.41 Å². The fraction of sp³-hybridized carbons (Fsp3) is 0.492. The molecule has 3 atom stereocenters. The van der Waals surface area contributed by atoms with Gasteiger partial charge in [0.25, 0.3) is 11.5 Å². The Hall–Kier alpha value is -6.54. The number of aryl methyl sites for hydroxylation is 3. The lowest BCUT2D eigenvalue weighted by Crippen LogP contribution is -2.58. The molecule has 5 N–H and O–H groups in total. The summed E-state index contributed by atoms with van der Waals surface area (Å²) in [5, 5.41) is 20.4. The number of pyridine rings is 1. The molecule has 4 amide bonds. The molecule has 2 aliphatic heterocycles. The summed E-state index contributed by atoms with van der Waals surface area (Å²) in [6.07, 6.45) is 7.57. The average Bonchev–Trinajstić information content (AvgIpc) is 4.37. The average molecular weight is 1120 g/mol. The van der Waals surface area contributed by atoms with Crippen LogP contribution in [0.1, 0.15) is 116 Å². The number of carbonyl (C=O) groups excluding carboxylic acids is 4. The summed E-state index contributed by atoms with van der Waals surface area (Å²) in [5.41, 5.74) is 11.1. The largest absolute Gasteiger partial charge is 0.391 e. The summed E-state index contributed by atoms with van der Waals surface area (Å²) in [6.45, 7) is 18.7. The first-order valence-corrected chi connectivity index (χ1v) is 29.7. The number of nitrogens with zero attached hydrogens (tertiary/aromatic N) is 5. The van der Waals surface area contributed by atoms with E-state index in [0.717, 1.165) is 114 Å². The summed E-state index contributed by atoms with van der Waals surface area (Å²) >= 11 is 1.58. The molecule has 17 nitrogen and oxygen atoms in total. The van der Waals surface area contributed by atoms with E-state index >= 15 is 0 Å². The minimum atomic E-state index is -0.936. The molecule has 6 aromatic rings. The number of thiazole rings is 1. The molecule has 3 aromatic heterocycles. The number of aromatic amines is 1. The molecular weight excluding hydrogens is 1040 g/mol. The van der Waals surface area contributed by atoms with Gasteiger partial charge in [0.2, 0.25) is 17.7 Å². The minimum absolute atomic E-state index is 0.000724. The topological polar surface area (TPSA) is 203 Å². The van der Waals surface area contributed by atoms with E-state index in [1.165, 1.54) is 23.3 Å². The smallest absolute Gasteiger partial charge is 0.253 e. The van der Waals surface area contributed by atoms with Gasteiger partial charge in [-0.25, -0.2) is 4.98 Å². The fourth-order valence-corrected chi connectivity index (χ4v) is 12.4. The van der Waals surface area contributed by atoms with Gasteiger partial charge in [-0.1, -0.05) is 82.1 Å². The molecule has 0 radical (unpaired) electrons. The number of rotatable bonds is 23. The van der Waals surface area contributed by atoms with Crippen LogP contribution in [-0.2, 0) is 43.5 Å². The van der Waals surface area contributed by atoms with Gasteiger partial charge in [0.05, 0.1) is 28.8 Å². The SMILES string of the molecule is Cc1cc(C)c(CNC(=O)c2cc(-c3ccc(CN4CCN(CCOCCCCOCC(=O)NC(C(=O)N5C[C@H](O)C[C@H]5C(=O)NCc5ccc(-c6scnc6C)cc5)C(C)(C)C)CC4)cc3)cc3c2ccn3C2CCCC2)c(=O)[nH]1. The Morgan fingerprint density at radius 3 is 2.20 bits per heavy atom. The number of ether oxygens (including phenoxy) is 2. The van der Waals surface area contributed by atoms with Gasteiger partial charge in [-0.2, -0.15) is 0 Å². The molecule has 81 heavy (non-hydrogen) atoms. The van der Waals surface area contributed by atoms with Crippen LogP contribution < -0.4 is 21.5 Å². The van der Waals surface area contributed by atoms with Gasteiger partial charge in [0.1, 0.15) is 18.7 Å². The summed E-state index contributed by atoms with van der Waals surface area (Å²) in [4.78, 5) is 82.0. The number of nitrogens with one attached hydrogen (secondary N) is 4. The van der Waals surface area contributed by atoms with Gasteiger partial charge in [-0.15, -0.1) is 11.3 Å². The van der Waals surface area contributed by atoms with Crippen molar-refractivity contribution in [1.82, 2.24) is 45.2 Å². The van der Waals surface area contributed by atoms with Crippen LogP contribution >= 0.6 is 11.3 Å². The Labute approximate surface area is 479 Å². The van der Waals surface area contributed by atoms with Gasteiger partial charge in [0, 0.05) is 118 Å². The van der Waals surface area contributed by atoms with E-state index in [1.807, 2.05) is 83.5 Å². The highest BCUT2D eigenvalue weighted by Gasteiger charge is 2.44. The lowest BCUT2D eigenvalue weighted by atomic mass is 9.85. The maximum Gasteiger partial charge on any atom is 0.253 e.